The molecule has 20 heavy (non-hydrogen) atoms. The highest BCUT2D eigenvalue weighted by atomic mass is 32.2. The molecule has 0 aliphatic carbocycles. The molecular formula is C16H27NO2S. The second kappa shape index (κ2) is 7.79. The van der Waals surface area contributed by atoms with Gasteiger partial charge in [-0.05, 0) is 31.4 Å². The lowest BCUT2D eigenvalue weighted by molar-refractivity contribution is 0.548. The molecule has 1 atom stereocenters. The SMILES string of the molecule is CCNC(CS(=O)(=O)CCC(C)C)c1cccc(C)c1. The van der Waals surface area contributed by atoms with E-state index in [4.69, 9.17) is 0 Å². The average molecular weight is 297 g/mol. The second-order valence-electron chi connectivity index (χ2n) is 5.82. The summed E-state index contributed by atoms with van der Waals surface area (Å²) in [4.78, 5) is 0. The van der Waals surface area contributed by atoms with E-state index in [1.165, 1.54) is 0 Å². The van der Waals surface area contributed by atoms with Crippen LogP contribution in [-0.2, 0) is 9.84 Å². The Labute approximate surface area is 123 Å². The van der Waals surface area contributed by atoms with Crippen molar-refractivity contribution in [3.05, 3.63) is 35.4 Å². The van der Waals surface area contributed by atoms with E-state index in [9.17, 15) is 8.42 Å². The molecule has 1 aromatic carbocycles. The lowest BCUT2D eigenvalue weighted by atomic mass is 10.1. The lowest BCUT2D eigenvalue weighted by Crippen LogP contribution is -2.29. The van der Waals surface area contributed by atoms with Crippen LogP contribution in [0, 0.1) is 12.8 Å². The van der Waals surface area contributed by atoms with Gasteiger partial charge < -0.3 is 5.32 Å². The molecule has 0 spiro atoms. The van der Waals surface area contributed by atoms with E-state index in [2.05, 4.69) is 25.2 Å². The zero-order chi connectivity index (χ0) is 15.2. The van der Waals surface area contributed by atoms with Crippen LogP contribution in [0.15, 0.2) is 24.3 Å². The third kappa shape index (κ3) is 6.06. The molecule has 4 heteroatoms. The topological polar surface area (TPSA) is 46.2 Å². The Morgan fingerprint density at radius 3 is 2.50 bits per heavy atom. The van der Waals surface area contributed by atoms with Crippen LogP contribution in [0.1, 0.15) is 44.4 Å². The van der Waals surface area contributed by atoms with Crippen LogP contribution in [0.3, 0.4) is 0 Å². The Morgan fingerprint density at radius 2 is 1.95 bits per heavy atom. The van der Waals surface area contributed by atoms with Crippen LogP contribution in [0.2, 0.25) is 0 Å². The fraction of sp³-hybridized carbons (Fsp3) is 0.625. The Bertz CT molecular complexity index is 509. The zero-order valence-electron chi connectivity index (χ0n) is 13.0. The molecule has 0 bridgehead atoms. The molecule has 0 fully saturated rings. The van der Waals surface area contributed by atoms with Crippen molar-refractivity contribution in [1.29, 1.82) is 0 Å². The fourth-order valence-corrected chi connectivity index (χ4v) is 3.97. The van der Waals surface area contributed by atoms with Gasteiger partial charge in [0.2, 0.25) is 0 Å². The first kappa shape index (κ1) is 17.2. The Morgan fingerprint density at radius 1 is 1.25 bits per heavy atom. The normalized spacial score (nSPS) is 13.7. The minimum atomic E-state index is -3.02. The van der Waals surface area contributed by atoms with Gasteiger partial charge in [-0.15, -0.1) is 0 Å². The summed E-state index contributed by atoms with van der Waals surface area (Å²) < 4.78 is 24.5. The molecule has 0 saturated carbocycles. The van der Waals surface area contributed by atoms with Crippen molar-refractivity contribution in [2.75, 3.05) is 18.1 Å². The molecule has 1 unspecified atom stereocenters. The first-order chi connectivity index (χ1) is 9.34. The van der Waals surface area contributed by atoms with Gasteiger partial charge in [0.05, 0.1) is 11.5 Å². The molecular weight excluding hydrogens is 270 g/mol. The summed E-state index contributed by atoms with van der Waals surface area (Å²) in [7, 11) is -3.02. The van der Waals surface area contributed by atoms with Crippen LogP contribution in [0.25, 0.3) is 0 Å². The van der Waals surface area contributed by atoms with Crippen LogP contribution < -0.4 is 5.32 Å². The monoisotopic (exact) mass is 297 g/mol. The number of hydrogen-bond donors (Lipinski definition) is 1. The minimum absolute atomic E-state index is 0.114. The summed E-state index contributed by atoms with van der Waals surface area (Å²) in [6.45, 7) is 8.90. The Hall–Kier alpha value is -0.870. The first-order valence-corrected chi connectivity index (χ1v) is 9.16. The molecule has 1 N–H and O–H groups in total. The summed E-state index contributed by atoms with van der Waals surface area (Å²) in [5.74, 6) is 0.872. The second-order valence-corrected chi connectivity index (χ2v) is 8.05. The van der Waals surface area contributed by atoms with Crippen LogP contribution >= 0.6 is 0 Å². The van der Waals surface area contributed by atoms with Gasteiger partial charge in [0.25, 0.3) is 0 Å². The van der Waals surface area contributed by atoms with Gasteiger partial charge in [-0.25, -0.2) is 8.42 Å². The highest BCUT2D eigenvalue weighted by molar-refractivity contribution is 7.91. The molecule has 114 valence electrons. The quantitative estimate of drug-likeness (QED) is 0.802. The van der Waals surface area contributed by atoms with Gasteiger partial charge >= 0.3 is 0 Å². The van der Waals surface area contributed by atoms with Crippen LogP contribution in [0.4, 0.5) is 0 Å². The third-order valence-corrected chi connectivity index (χ3v) is 5.02. The summed E-state index contributed by atoms with van der Waals surface area (Å²) >= 11 is 0. The molecule has 0 heterocycles. The number of sulfone groups is 1. The van der Waals surface area contributed by atoms with E-state index >= 15 is 0 Å². The van der Waals surface area contributed by atoms with Gasteiger partial charge in [-0.2, -0.15) is 0 Å². The summed E-state index contributed by atoms with van der Waals surface area (Å²) in [5, 5.41) is 3.29. The number of rotatable bonds is 8. The minimum Gasteiger partial charge on any atom is -0.309 e. The smallest absolute Gasteiger partial charge is 0.152 e. The zero-order valence-corrected chi connectivity index (χ0v) is 13.8. The number of benzene rings is 1. The first-order valence-electron chi connectivity index (χ1n) is 7.34. The molecule has 0 saturated heterocycles. The average Bonchev–Trinajstić information content (AvgIpc) is 2.36. The maximum Gasteiger partial charge on any atom is 0.152 e. The van der Waals surface area contributed by atoms with Crippen molar-refractivity contribution in [2.24, 2.45) is 5.92 Å². The Balaban J connectivity index is 2.82. The lowest BCUT2D eigenvalue weighted by Gasteiger charge is -2.19. The van der Waals surface area contributed by atoms with E-state index in [1.807, 2.05) is 32.0 Å². The molecule has 1 rings (SSSR count). The molecule has 0 amide bonds. The van der Waals surface area contributed by atoms with Gasteiger partial charge in [0.15, 0.2) is 9.84 Å². The van der Waals surface area contributed by atoms with E-state index < -0.39 is 9.84 Å². The van der Waals surface area contributed by atoms with Crippen molar-refractivity contribution >= 4 is 9.84 Å². The van der Waals surface area contributed by atoms with E-state index in [0.29, 0.717) is 5.92 Å². The summed E-state index contributed by atoms with van der Waals surface area (Å²) in [6, 6.07) is 7.95. The highest BCUT2D eigenvalue weighted by Gasteiger charge is 2.20. The van der Waals surface area contributed by atoms with E-state index in [-0.39, 0.29) is 17.5 Å². The molecule has 0 radical (unpaired) electrons. The maximum absolute atomic E-state index is 12.2. The van der Waals surface area contributed by atoms with Crippen molar-refractivity contribution in [2.45, 2.75) is 40.2 Å². The molecule has 3 nitrogen and oxygen atoms in total. The largest absolute Gasteiger partial charge is 0.309 e. The van der Waals surface area contributed by atoms with Gasteiger partial charge in [0.1, 0.15) is 0 Å². The molecule has 0 aliphatic rings. The number of aryl methyl sites for hydroxylation is 1. The van der Waals surface area contributed by atoms with Crippen molar-refractivity contribution < 1.29 is 8.42 Å². The maximum atomic E-state index is 12.2. The van der Waals surface area contributed by atoms with Crippen molar-refractivity contribution in [1.82, 2.24) is 5.32 Å². The fourth-order valence-electron chi connectivity index (χ4n) is 2.16. The van der Waals surface area contributed by atoms with Gasteiger partial charge in [-0.1, -0.05) is 50.6 Å². The summed E-state index contributed by atoms with van der Waals surface area (Å²) in [5.41, 5.74) is 2.21. The van der Waals surface area contributed by atoms with Crippen LogP contribution in [-0.4, -0.2) is 26.5 Å². The highest BCUT2D eigenvalue weighted by Crippen LogP contribution is 2.18. The predicted octanol–water partition coefficient (Wildman–Crippen LogP) is 3.11. The standard InChI is InChI=1S/C16H27NO2S/c1-5-17-16(15-8-6-7-14(4)11-15)12-20(18,19)10-9-13(2)3/h6-8,11,13,16-17H,5,9-10,12H2,1-4H3. The third-order valence-electron chi connectivity index (χ3n) is 3.32. The molecule has 0 aliphatic heterocycles. The molecule has 1 aromatic rings. The van der Waals surface area contributed by atoms with Gasteiger partial charge in [0, 0.05) is 6.04 Å². The number of nitrogens with one attached hydrogen (secondary N) is 1. The predicted molar refractivity (Wildman–Crippen MR) is 85.7 cm³/mol. The molecule has 0 aromatic heterocycles. The summed E-state index contributed by atoms with van der Waals surface area (Å²) in [6.07, 6.45) is 0.731. The Kier molecular flexibility index (Phi) is 6.69. The van der Waals surface area contributed by atoms with Gasteiger partial charge in [-0.3, -0.25) is 0 Å². The van der Waals surface area contributed by atoms with E-state index in [1.54, 1.807) is 0 Å². The van der Waals surface area contributed by atoms with Crippen molar-refractivity contribution in [3.63, 3.8) is 0 Å². The van der Waals surface area contributed by atoms with Crippen LogP contribution in [0.5, 0.6) is 0 Å². The van der Waals surface area contributed by atoms with Crippen molar-refractivity contribution in [3.8, 4) is 0 Å². The van der Waals surface area contributed by atoms with E-state index in [0.717, 1.165) is 24.1 Å². The number of hydrogen-bond acceptors (Lipinski definition) is 3.